The number of aliphatic hydroxyl groups excluding tert-OH is 22. The molecule has 10 aliphatic rings. The van der Waals surface area contributed by atoms with Gasteiger partial charge in [-0.15, -0.1) is 0 Å². The van der Waals surface area contributed by atoms with Crippen molar-refractivity contribution in [2.45, 2.75) is 336 Å². The third-order valence-electron chi connectivity index (χ3n) is 23.4. The average molecular weight is 1960 g/mol. The maximum atomic E-state index is 14.8. The number of aliphatic carboxylic acids is 1. The molecule has 20 unspecified atom stereocenters. The molecule has 0 bridgehead atoms. The standard InChI is InChI=1S/C72H115N6O52.2Na.H2O/c1-16-22(9-79)114-67(45(100)33(16)88)122-54-31(75-20(5)86)65(117-25(12-82)39(54)94)126-56-43(98)49(104)71(123-52-29(73-18(3)84)63(110-7)115-23(10-80)37(52)92)128-58(56)60(106)77-112-14-27-35(90)41(96)47(102)68(119-27)130-69-48(103)42(97)36(91)28(120-69)15-113-78-61(107)59-57(44(99)50(105)72(129-59)124-53-30(74-19(4)85)64(111-8)116-24(11-81)38(53)93)127-66-32(76-21(6)87)55(40(95)26(13-83)118-66)125-70-46(101)34(89)17(2)51(121-70)62(108)109;;;/h16-17,22-59,63-72,80-83,88-105H,10-15H2,1-8H3,(H,73,84)(H,74,85)(H,75,86)(H,76,87)(H,77,106)(H,78,107)(H,108,109);;;1H2/q-1;2*+1;/p-2/t16-,17+,22?,23?,24?,25?,26?,27?,28?,29?,30?,31?,32?,33+,34+,35-,36-,37-,38-,39-,40-,41+,42+,43-,44-,45?,46?,47?,48?,49?,50?,51?,52-,53-,54-,55-,56+,57+,58?,59?,63-,64-,65+,66+,67+,68-,69-,70+,71-,72-;;;/m1.../s1. The number of carboxylic acids is 1. The number of carbonyl (C=O) groups excluding carboxylic acids is 8. The summed E-state index contributed by atoms with van der Waals surface area (Å²) in [6.45, 7) is -0.227. The molecule has 133 heavy (non-hydrogen) atoms. The van der Waals surface area contributed by atoms with Gasteiger partial charge in [-0.3, -0.25) is 38.4 Å². The van der Waals surface area contributed by atoms with E-state index in [4.69, 9.17) is 99.7 Å². The van der Waals surface area contributed by atoms with E-state index < -0.39 is 387 Å². The van der Waals surface area contributed by atoms with Gasteiger partial charge in [0.2, 0.25) is 23.6 Å². The van der Waals surface area contributed by atoms with Crippen molar-refractivity contribution in [1.82, 2.24) is 32.2 Å². The summed E-state index contributed by atoms with van der Waals surface area (Å²) in [5, 5.41) is 269. The quantitative estimate of drug-likeness (QED) is 0.0162. The van der Waals surface area contributed by atoms with Crippen LogP contribution >= 0.6 is 0 Å². The minimum absolute atomic E-state index is 0. The number of hydroxylamine groups is 2. The van der Waals surface area contributed by atoms with E-state index in [2.05, 4.69) is 21.3 Å². The van der Waals surface area contributed by atoms with Crippen molar-refractivity contribution >= 4 is 47.7 Å². The molecule has 754 valence electrons. The van der Waals surface area contributed by atoms with E-state index in [1.54, 1.807) is 0 Å². The third kappa shape index (κ3) is 26.4. The number of ether oxygens (including phenoxy) is 19. The summed E-state index contributed by atoms with van der Waals surface area (Å²) in [6.07, 6.45) is -92.2. The molecule has 59 nitrogen and oxygen atoms in total. The first-order chi connectivity index (χ1) is 61.4. The van der Waals surface area contributed by atoms with Gasteiger partial charge in [-0.2, -0.15) is 0 Å². The molecule has 0 aliphatic carbocycles. The maximum absolute atomic E-state index is 14.8. The van der Waals surface area contributed by atoms with E-state index in [-0.39, 0.29) is 64.6 Å². The van der Waals surface area contributed by atoms with Gasteiger partial charge in [-0.25, -0.2) is 17.2 Å². The SMILES string of the molecule is CO[C@@H]1OC(CO)[C@@H](O)[C@H](O[C@@H]2OC(C(=O)NOCC3O[C@H](O[C@H]4OC(CONC(=O)C5O[C@@H](O[C@@H]6C(NC(C)=O)[C@H](OC)OC(CO)[C@H]6O)C(O)[C@@H](O)[C@@H]5O[C@@H]5OC(CO)[C@@H](O)[C@H](O[C@@H]6OC(C(=O)[O-])[C@@H](C)[C@H](O)C6O)C5NC(C)=O)[C@@H](O)[C@H](O)C4O)C(O)[C@@H](O)[C@@H]3O)[C@@H](O[C@@H]3OC(CO)[C@@H](O)[C@H](O[C@@H]4OC([C-]=O)[C@@H](C)[C@H](O)C4O)C3NC(C)=O)[C@H](O)C2O)C1NC(C)=O.[Na+].[Na+].[OH-]. The monoisotopic (exact) mass is 1960 g/mol. The van der Waals surface area contributed by atoms with Crippen LogP contribution in [-0.4, -0.2) is 514 Å². The molecule has 61 heteroatoms. The van der Waals surface area contributed by atoms with Crippen molar-refractivity contribution in [1.29, 1.82) is 0 Å². The van der Waals surface area contributed by atoms with E-state index in [9.17, 15) is 156 Å². The second-order valence-corrected chi connectivity index (χ2v) is 32.3. The zero-order valence-electron chi connectivity index (χ0n) is 72.6. The van der Waals surface area contributed by atoms with Crippen LogP contribution in [0.1, 0.15) is 41.5 Å². The largest absolute Gasteiger partial charge is 1.00 e. The third-order valence-corrected chi connectivity index (χ3v) is 23.4. The summed E-state index contributed by atoms with van der Waals surface area (Å²) in [4.78, 5) is 116. The molecule has 29 N–H and O–H groups in total. The van der Waals surface area contributed by atoms with Gasteiger partial charge in [-0.05, 0) is 12.0 Å². The van der Waals surface area contributed by atoms with Gasteiger partial charge >= 0.3 is 59.1 Å². The zero-order chi connectivity index (χ0) is 96.0. The van der Waals surface area contributed by atoms with Gasteiger partial charge < -0.3 is 244 Å². The van der Waals surface area contributed by atoms with E-state index in [0.29, 0.717) is 0 Å². The van der Waals surface area contributed by atoms with Gasteiger partial charge in [-0.1, -0.05) is 13.8 Å². The molecule has 10 saturated heterocycles. The number of nitrogens with one attached hydrogen (secondary N) is 6. The first kappa shape index (κ1) is 116. The van der Waals surface area contributed by atoms with Crippen LogP contribution < -0.4 is 96.4 Å². The first-order valence-electron chi connectivity index (χ1n) is 40.8. The van der Waals surface area contributed by atoms with Crippen molar-refractivity contribution in [3.8, 4) is 0 Å². The molecule has 0 aromatic rings. The zero-order valence-corrected chi connectivity index (χ0v) is 76.6. The molecule has 0 saturated carbocycles. The number of hydrogen-bond donors (Lipinski definition) is 28. The van der Waals surface area contributed by atoms with Crippen LogP contribution in [0.5, 0.6) is 0 Å². The summed E-state index contributed by atoms with van der Waals surface area (Å²) in [5.41, 5.74) is 3.74. The van der Waals surface area contributed by atoms with Crippen LogP contribution in [0.3, 0.4) is 0 Å². The van der Waals surface area contributed by atoms with Crippen molar-refractivity contribution in [3.63, 3.8) is 0 Å². The Balaban J connectivity index is 0.00000805. The van der Waals surface area contributed by atoms with Gasteiger partial charge in [0.15, 0.2) is 75.1 Å². The summed E-state index contributed by atoms with van der Waals surface area (Å²) in [7, 11) is 2.17. The molecule has 0 spiro atoms. The molecular formula is C72H115N6Na2O53-. The second kappa shape index (κ2) is 51.2. The number of amides is 6. The Morgan fingerprint density at radius 1 is 0.308 bits per heavy atom. The predicted octanol–water partition coefficient (Wildman–Crippen LogP) is -27.6. The number of aliphatic hydroxyl groups is 22. The summed E-state index contributed by atoms with van der Waals surface area (Å²) < 4.78 is 109. The van der Waals surface area contributed by atoms with Crippen molar-refractivity contribution in [2.75, 3.05) is 53.9 Å². The Bertz CT molecular complexity index is 3700. The van der Waals surface area contributed by atoms with Crippen LogP contribution in [-0.2, 0) is 138 Å². The van der Waals surface area contributed by atoms with Crippen molar-refractivity contribution < 1.29 is 320 Å². The fraction of sp³-hybridized carbons (Fsp3) is 0.889. The van der Waals surface area contributed by atoms with E-state index >= 15 is 0 Å². The van der Waals surface area contributed by atoms with E-state index in [1.807, 2.05) is 11.0 Å². The number of carbonyl (C=O) groups is 7. The number of carboxylic acid groups (broad SMARTS) is 1. The van der Waals surface area contributed by atoms with Gasteiger partial charge in [0.1, 0.15) is 214 Å². The van der Waals surface area contributed by atoms with Crippen molar-refractivity contribution in [2.24, 2.45) is 11.8 Å². The molecule has 0 aromatic carbocycles. The van der Waals surface area contributed by atoms with Gasteiger partial charge in [0.05, 0.1) is 44.6 Å². The van der Waals surface area contributed by atoms with Crippen LogP contribution in [0, 0.1) is 11.8 Å². The summed E-state index contributed by atoms with van der Waals surface area (Å²) >= 11 is 0. The predicted molar refractivity (Wildman–Crippen MR) is 397 cm³/mol. The minimum atomic E-state index is -2.57. The summed E-state index contributed by atoms with van der Waals surface area (Å²) in [5.74, 6) is -11.2. The normalized spacial score (nSPS) is 46.1. The fourth-order valence-corrected chi connectivity index (χ4v) is 16.3. The summed E-state index contributed by atoms with van der Waals surface area (Å²) in [6, 6.07) is -7.08. The van der Waals surface area contributed by atoms with Crippen LogP contribution in [0.25, 0.3) is 0 Å². The Kier molecular flexibility index (Phi) is 44.8. The van der Waals surface area contributed by atoms with E-state index in [0.717, 1.165) is 41.9 Å². The topological polar surface area (TPSA) is 901 Å². The van der Waals surface area contributed by atoms with Crippen LogP contribution in [0.4, 0.5) is 0 Å². The molecular weight excluding hydrogens is 1840 g/mol. The fourth-order valence-electron chi connectivity index (χ4n) is 16.3. The Hall–Kier alpha value is -3.80. The average Bonchev–Trinajstić information content (AvgIpc) is 0.759. The molecule has 0 radical (unpaired) electrons. The molecule has 50 atom stereocenters. The van der Waals surface area contributed by atoms with Crippen LogP contribution in [0.15, 0.2) is 0 Å². The molecule has 6 amide bonds. The molecule has 10 aliphatic heterocycles. The maximum Gasteiger partial charge on any atom is 1.00 e. The Morgan fingerprint density at radius 3 is 0.857 bits per heavy atom. The Labute approximate surface area is 797 Å². The van der Waals surface area contributed by atoms with Gasteiger partial charge in [0, 0.05) is 47.8 Å². The van der Waals surface area contributed by atoms with Crippen molar-refractivity contribution in [3.05, 3.63) is 0 Å². The van der Waals surface area contributed by atoms with Gasteiger partial charge in [0.25, 0.3) is 11.8 Å². The molecule has 10 rings (SSSR count). The molecule has 10 fully saturated rings. The van der Waals surface area contributed by atoms with Crippen LogP contribution in [0.2, 0.25) is 0 Å². The minimum Gasteiger partial charge on any atom is -0.870 e. The van der Waals surface area contributed by atoms with E-state index in [1.165, 1.54) is 20.1 Å². The smallest absolute Gasteiger partial charge is 0.870 e. The molecule has 10 heterocycles. The molecule has 0 aromatic heterocycles. The second-order valence-electron chi connectivity index (χ2n) is 32.3. The Morgan fingerprint density at radius 2 is 0.564 bits per heavy atom. The number of hydrogen-bond acceptors (Lipinski definition) is 53. The first-order valence-corrected chi connectivity index (χ1v) is 40.8. The number of methoxy groups -OCH3 is 2. The number of rotatable bonds is 34.